The second-order valence-electron chi connectivity index (χ2n) is 15.1. The van der Waals surface area contributed by atoms with E-state index in [0.717, 1.165) is 5.56 Å². The smallest absolute Gasteiger partial charge is 0.408 e. The van der Waals surface area contributed by atoms with Crippen LogP contribution in [0.25, 0.3) is 0 Å². The van der Waals surface area contributed by atoms with Crippen LogP contribution in [-0.4, -0.2) is 98.4 Å². The van der Waals surface area contributed by atoms with E-state index in [0.29, 0.717) is 18.7 Å². The molecule has 0 unspecified atom stereocenters. The number of benzene rings is 2. The number of anilines is 1. The standard InChI is InChI=1S/C37H54N4O10S/c1-23(2)20-41(52(46,47)27-15-13-26(14-16-27)38-33(43)32(24(3)4)40-36(45)51-37(5,6)7)21-30(42)29(19-25-11-9-8-10-12-25)39-35(44)50-31-22-49-34-28(31)17-18-48-34/h8-16,23-24,28-32,34,42H,17-22H2,1-7H3,(H,38,43)(H,39,44)(H,40,45)/t28-,29-,30+,31-,32+,34+/m0/s1. The summed E-state index contributed by atoms with van der Waals surface area (Å²) in [5.74, 6) is -0.926. The Morgan fingerprint density at radius 2 is 1.62 bits per heavy atom. The largest absolute Gasteiger partial charge is 0.444 e. The van der Waals surface area contributed by atoms with E-state index in [-0.39, 0.29) is 48.8 Å². The normalized spacial score (nSPS) is 20.6. The lowest BCUT2D eigenvalue weighted by atomic mass is 10.0. The number of aliphatic hydroxyl groups is 1. The van der Waals surface area contributed by atoms with Crippen molar-refractivity contribution in [3.8, 4) is 0 Å². The third-order valence-electron chi connectivity index (χ3n) is 8.65. The van der Waals surface area contributed by atoms with Crippen LogP contribution in [0.4, 0.5) is 15.3 Å². The number of carbonyl (C=O) groups is 3. The van der Waals surface area contributed by atoms with Crippen molar-refractivity contribution < 1.29 is 46.9 Å². The zero-order chi connectivity index (χ0) is 38.2. The molecule has 2 fully saturated rings. The molecule has 2 aliphatic heterocycles. The molecule has 6 atom stereocenters. The van der Waals surface area contributed by atoms with Crippen molar-refractivity contribution in [2.24, 2.45) is 17.8 Å². The highest BCUT2D eigenvalue weighted by Crippen LogP contribution is 2.33. The van der Waals surface area contributed by atoms with Crippen molar-refractivity contribution in [3.63, 3.8) is 0 Å². The Balaban J connectivity index is 1.47. The van der Waals surface area contributed by atoms with Gasteiger partial charge in [0.25, 0.3) is 0 Å². The molecule has 2 aromatic rings. The first-order valence-electron chi connectivity index (χ1n) is 17.8. The maximum atomic E-state index is 14.0. The average Bonchev–Trinajstić information content (AvgIpc) is 3.68. The van der Waals surface area contributed by atoms with Gasteiger partial charge in [-0.15, -0.1) is 0 Å². The summed E-state index contributed by atoms with van der Waals surface area (Å²) in [6, 6.07) is 13.1. The maximum Gasteiger partial charge on any atom is 0.408 e. The molecule has 15 heteroatoms. The second-order valence-corrected chi connectivity index (χ2v) is 17.0. The van der Waals surface area contributed by atoms with Crippen LogP contribution in [-0.2, 0) is 40.2 Å². The third-order valence-corrected chi connectivity index (χ3v) is 10.5. The molecule has 0 radical (unpaired) electrons. The van der Waals surface area contributed by atoms with Gasteiger partial charge in [0, 0.05) is 18.8 Å². The van der Waals surface area contributed by atoms with E-state index in [1.807, 2.05) is 44.2 Å². The fourth-order valence-corrected chi connectivity index (χ4v) is 7.71. The third kappa shape index (κ3) is 11.6. The molecule has 0 saturated carbocycles. The molecule has 14 nitrogen and oxygen atoms in total. The minimum Gasteiger partial charge on any atom is -0.444 e. The molecule has 2 saturated heterocycles. The van der Waals surface area contributed by atoms with E-state index in [9.17, 15) is 27.9 Å². The van der Waals surface area contributed by atoms with Crippen molar-refractivity contribution in [2.45, 2.75) is 102 Å². The van der Waals surface area contributed by atoms with Crippen molar-refractivity contribution in [1.29, 1.82) is 0 Å². The molecule has 288 valence electrons. The number of ether oxygens (including phenoxy) is 4. The van der Waals surface area contributed by atoms with Crippen LogP contribution in [0.5, 0.6) is 0 Å². The molecular formula is C37H54N4O10S. The van der Waals surface area contributed by atoms with Crippen LogP contribution in [0, 0.1) is 17.8 Å². The Morgan fingerprint density at radius 3 is 2.23 bits per heavy atom. The van der Waals surface area contributed by atoms with Crippen LogP contribution in [0.1, 0.15) is 60.5 Å². The second kappa shape index (κ2) is 17.8. The highest BCUT2D eigenvalue weighted by molar-refractivity contribution is 7.89. The molecule has 4 rings (SSSR count). The van der Waals surface area contributed by atoms with Gasteiger partial charge in [-0.2, -0.15) is 4.31 Å². The van der Waals surface area contributed by atoms with Crippen LogP contribution in [0.15, 0.2) is 59.5 Å². The number of hydrogen-bond acceptors (Lipinski definition) is 10. The number of rotatable bonds is 15. The fraction of sp³-hybridized carbons (Fsp3) is 0.595. The van der Waals surface area contributed by atoms with Gasteiger partial charge in [0.2, 0.25) is 15.9 Å². The number of aliphatic hydroxyl groups excluding tert-OH is 1. The lowest BCUT2D eigenvalue weighted by Gasteiger charge is -2.31. The molecule has 0 spiro atoms. The van der Waals surface area contributed by atoms with Crippen molar-refractivity contribution in [1.82, 2.24) is 14.9 Å². The summed E-state index contributed by atoms with van der Waals surface area (Å²) in [5, 5.41) is 19.7. The summed E-state index contributed by atoms with van der Waals surface area (Å²) >= 11 is 0. The molecule has 0 bridgehead atoms. The average molecular weight is 747 g/mol. The minimum atomic E-state index is -4.15. The summed E-state index contributed by atoms with van der Waals surface area (Å²) in [7, 11) is -4.15. The Hall–Kier alpha value is -3.76. The van der Waals surface area contributed by atoms with Gasteiger partial charge >= 0.3 is 12.2 Å². The number of sulfonamides is 1. The summed E-state index contributed by atoms with van der Waals surface area (Å²) in [6.45, 7) is 13.0. The number of carbonyl (C=O) groups excluding carboxylic acids is 3. The number of amides is 3. The lowest BCUT2D eigenvalue weighted by Crippen LogP contribution is -2.51. The molecule has 0 aromatic heterocycles. The number of nitrogens with zero attached hydrogens (tertiary/aromatic N) is 1. The van der Waals surface area contributed by atoms with Gasteiger partial charge in [0.1, 0.15) is 17.7 Å². The first kappa shape index (κ1) is 41.0. The SMILES string of the molecule is CC(C)CN(C[C@@H](O)[C@H](Cc1ccccc1)NC(=O)O[C@H]1CO[C@H]2OCC[C@H]21)S(=O)(=O)c1ccc(NC(=O)[C@H](NC(=O)OC(C)(C)C)C(C)C)cc1. The zero-order valence-electron chi connectivity index (χ0n) is 31.0. The van der Waals surface area contributed by atoms with Crippen LogP contribution in [0.2, 0.25) is 0 Å². The number of hydrogen-bond donors (Lipinski definition) is 4. The summed E-state index contributed by atoms with van der Waals surface area (Å²) < 4.78 is 51.4. The number of nitrogens with one attached hydrogen (secondary N) is 3. The van der Waals surface area contributed by atoms with Crippen molar-refractivity contribution in [3.05, 3.63) is 60.2 Å². The Bertz CT molecular complexity index is 1600. The van der Waals surface area contributed by atoms with Crippen LogP contribution < -0.4 is 16.0 Å². The number of fused-ring (bicyclic) bond motifs is 1. The summed E-state index contributed by atoms with van der Waals surface area (Å²) in [5.41, 5.74) is 0.413. The topological polar surface area (TPSA) is 182 Å². The number of alkyl carbamates (subject to hydrolysis) is 2. The maximum absolute atomic E-state index is 14.0. The summed E-state index contributed by atoms with van der Waals surface area (Å²) in [6.07, 6.45) is -2.75. The molecule has 2 aliphatic rings. The van der Waals surface area contributed by atoms with E-state index >= 15 is 0 Å². The van der Waals surface area contributed by atoms with Crippen molar-refractivity contribution >= 4 is 33.8 Å². The Kier molecular flexibility index (Phi) is 14.1. The first-order valence-corrected chi connectivity index (χ1v) is 19.2. The Morgan fingerprint density at radius 1 is 0.942 bits per heavy atom. The van der Waals surface area contributed by atoms with E-state index in [1.54, 1.807) is 34.6 Å². The quantitative estimate of drug-likeness (QED) is 0.205. The fourth-order valence-electron chi connectivity index (χ4n) is 6.08. The molecule has 2 heterocycles. The Labute approximate surface area is 307 Å². The first-order chi connectivity index (χ1) is 24.4. The molecule has 0 aliphatic carbocycles. The predicted molar refractivity (Wildman–Crippen MR) is 194 cm³/mol. The van der Waals surface area contributed by atoms with Gasteiger partial charge in [-0.25, -0.2) is 18.0 Å². The molecule has 2 aromatic carbocycles. The van der Waals surface area contributed by atoms with Gasteiger partial charge in [-0.1, -0.05) is 58.0 Å². The van der Waals surface area contributed by atoms with E-state index in [2.05, 4.69) is 16.0 Å². The molecule has 4 N–H and O–H groups in total. The van der Waals surface area contributed by atoms with Gasteiger partial charge < -0.3 is 40.0 Å². The van der Waals surface area contributed by atoms with E-state index in [4.69, 9.17) is 18.9 Å². The van der Waals surface area contributed by atoms with E-state index in [1.165, 1.54) is 28.6 Å². The molecular weight excluding hydrogens is 692 g/mol. The van der Waals surface area contributed by atoms with Crippen molar-refractivity contribution in [2.75, 3.05) is 31.6 Å². The van der Waals surface area contributed by atoms with Gasteiger partial charge in [-0.3, -0.25) is 4.79 Å². The van der Waals surface area contributed by atoms with E-state index < -0.39 is 64.3 Å². The minimum absolute atomic E-state index is 0.0489. The zero-order valence-corrected chi connectivity index (χ0v) is 31.9. The lowest BCUT2D eigenvalue weighted by molar-refractivity contribution is -0.119. The monoisotopic (exact) mass is 746 g/mol. The molecule has 3 amide bonds. The van der Waals surface area contributed by atoms with Gasteiger partial charge in [0.15, 0.2) is 6.29 Å². The predicted octanol–water partition coefficient (Wildman–Crippen LogP) is 4.28. The van der Waals surface area contributed by atoms with Crippen LogP contribution in [0.3, 0.4) is 0 Å². The van der Waals surface area contributed by atoms with Gasteiger partial charge in [0.05, 0.1) is 36.2 Å². The summed E-state index contributed by atoms with van der Waals surface area (Å²) in [4.78, 5) is 38.6. The van der Waals surface area contributed by atoms with Gasteiger partial charge in [-0.05, 0) is 75.3 Å². The highest BCUT2D eigenvalue weighted by atomic mass is 32.2. The van der Waals surface area contributed by atoms with Crippen LogP contribution >= 0.6 is 0 Å². The highest BCUT2D eigenvalue weighted by Gasteiger charge is 2.44. The molecule has 52 heavy (non-hydrogen) atoms.